The lowest BCUT2D eigenvalue weighted by atomic mass is 9.98. The van der Waals surface area contributed by atoms with Gasteiger partial charge in [-0.15, -0.1) is 0 Å². The van der Waals surface area contributed by atoms with Crippen LogP contribution in [0.1, 0.15) is 42.7 Å². The van der Waals surface area contributed by atoms with Gasteiger partial charge in [-0.3, -0.25) is 4.79 Å². The zero-order valence-electron chi connectivity index (χ0n) is 19.7. The van der Waals surface area contributed by atoms with Crippen LogP contribution in [-0.2, 0) is 19.1 Å². The summed E-state index contributed by atoms with van der Waals surface area (Å²) < 4.78 is 10.9. The highest BCUT2D eigenvalue weighted by Gasteiger charge is 2.47. The molecule has 2 aliphatic carbocycles. The summed E-state index contributed by atoms with van der Waals surface area (Å²) >= 11 is 0. The number of benzene rings is 2. The molecule has 2 atom stereocenters. The van der Waals surface area contributed by atoms with Crippen molar-refractivity contribution in [1.82, 2.24) is 10.2 Å². The lowest BCUT2D eigenvalue weighted by Gasteiger charge is -2.25. The zero-order chi connectivity index (χ0) is 24.6. The monoisotopic (exact) mass is 478 g/mol. The SMILES string of the molecule is COC1(C(=O)O)CCN(C(=O)CC(NC(=O)OCC2c3ccccc3-c3ccccc32)C2CC2)C1. The molecule has 1 heterocycles. The van der Waals surface area contributed by atoms with Crippen molar-refractivity contribution < 1.29 is 29.0 Å². The Morgan fingerprint density at radius 1 is 1.09 bits per heavy atom. The summed E-state index contributed by atoms with van der Waals surface area (Å²) in [5.41, 5.74) is 3.26. The molecular weight excluding hydrogens is 448 g/mol. The molecule has 0 spiro atoms. The molecule has 0 aromatic heterocycles. The van der Waals surface area contributed by atoms with Crippen molar-refractivity contribution in [2.45, 2.75) is 43.2 Å². The van der Waals surface area contributed by atoms with Crippen LogP contribution in [-0.4, -0.2) is 66.4 Å². The Balaban J connectivity index is 1.19. The fourth-order valence-corrected chi connectivity index (χ4v) is 5.37. The van der Waals surface area contributed by atoms with Crippen LogP contribution in [0.3, 0.4) is 0 Å². The maximum Gasteiger partial charge on any atom is 0.407 e. The molecule has 2 aromatic carbocycles. The minimum atomic E-state index is -1.36. The van der Waals surface area contributed by atoms with Crippen LogP contribution < -0.4 is 5.32 Å². The molecule has 184 valence electrons. The second kappa shape index (κ2) is 9.34. The number of likely N-dealkylation sites (tertiary alicyclic amines) is 1. The van der Waals surface area contributed by atoms with Crippen LogP contribution in [0.5, 0.6) is 0 Å². The fraction of sp³-hybridized carbons (Fsp3) is 0.444. The fourth-order valence-electron chi connectivity index (χ4n) is 5.37. The highest BCUT2D eigenvalue weighted by atomic mass is 16.5. The van der Waals surface area contributed by atoms with Gasteiger partial charge in [0.15, 0.2) is 5.60 Å². The first-order valence-corrected chi connectivity index (χ1v) is 12.1. The third-order valence-electron chi connectivity index (χ3n) is 7.60. The quantitative estimate of drug-likeness (QED) is 0.603. The van der Waals surface area contributed by atoms with Gasteiger partial charge in [0.25, 0.3) is 0 Å². The van der Waals surface area contributed by atoms with Crippen molar-refractivity contribution in [3.8, 4) is 11.1 Å². The Morgan fingerprint density at radius 3 is 2.26 bits per heavy atom. The third kappa shape index (κ3) is 4.50. The van der Waals surface area contributed by atoms with E-state index >= 15 is 0 Å². The Kier molecular flexibility index (Phi) is 6.23. The number of aliphatic carboxylic acids is 1. The molecule has 2 amide bonds. The number of alkyl carbamates (subject to hydrolysis) is 1. The van der Waals surface area contributed by atoms with E-state index in [-0.39, 0.29) is 49.8 Å². The second-order valence-electron chi connectivity index (χ2n) is 9.69. The number of nitrogens with zero attached hydrogens (tertiary/aromatic N) is 1. The minimum Gasteiger partial charge on any atom is -0.479 e. The summed E-state index contributed by atoms with van der Waals surface area (Å²) in [7, 11) is 1.35. The van der Waals surface area contributed by atoms with Crippen LogP contribution in [0.2, 0.25) is 0 Å². The van der Waals surface area contributed by atoms with E-state index in [1.807, 2.05) is 24.3 Å². The van der Waals surface area contributed by atoms with E-state index in [0.29, 0.717) is 6.54 Å². The van der Waals surface area contributed by atoms with Gasteiger partial charge < -0.3 is 24.8 Å². The van der Waals surface area contributed by atoms with Crippen molar-refractivity contribution >= 4 is 18.0 Å². The molecular formula is C27H30N2O6. The number of amides is 2. The van der Waals surface area contributed by atoms with Gasteiger partial charge in [0, 0.05) is 38.5 Å². The van der Waals surface area contributed by atoms with Crippen molar-refractivity contribution in [2.24, 2.45) is 5.92 Å². The zero-order valence-corrected chi connectivity index (χ0v) is 19.7. The van der Waals surface area contributed by atoms with E-state index in [0.717, 1.165) is 35.1 Å². The average molecular weight is 479 g/mol. The summed E-state index contributed by atoms with van der Waals surface area (Å²) in [6.45, 7) is 0.549. The summed E-state index contributed by atoms with van der Waals surface area (Å²) in [4.78, 5) is 38.8. The van der Waals surface area contributed by atoms with E-state index in [1.54, 1.807) is 0 Å². The summed E-state index contributed by atoms with van der Waals surface area (Å²) in [6.07, 6.45) is 1.72. The molecule has 0 radical (unpaired) electrons. The Hall–Kier alpha value is -3.39. The molecule has 5 rings (SSSR count). The lowest BCUT2D eigenvalue weighted by Crippen LogP contribution is -2.46. The average Bonchev–Trinajstić information content (AvgIpc) is 3.53. The molecule has 2 fully saturated rings. The van der Waals surface area contributed by atoms with Gasteiger partial charge in [0.1, 0.15) is 6.61 Å². The molecule has 8 nitrogen and oxygen atoms in total. The van der Waals surface area contributed by atoms with Crippen molar-refractivity contribution in [2.75, 3.05) is 26.8 Å². The van der Waals surface area contributed by atoms with Crippen LogP contribution in [0, 0.1) is 5.92 Å². The predicted molar refractivity (Wildman–Crippen MR) is 128 cm³/mol. The van der Waals surface area contributed by atoms with Gasteiger partial charge in [-0.2, -0.15) is 0 Å². The topological polar surface area (TPSA) is 105 Å². The number of rotatable bonds is 8. The first kappa shape index (κ1) is 23.4. The molecule has 2 unspecified atom stereocenters. The molecule has 1 aliphatic heterocycles. The summed E-state index contributed by atoms with van der Waals surface area (Å²) in [5, 5.41) is 12.4. The van der Waals surface area contributed by atoms with Gasteiger partial charge in [-0.05, 0) is 41.0 Å². The maximum absolute atomic E-state index is 12.9. The minimum absolute atomic E-state index is 0.0139. The second-order valence-corrected chi connectivity index (χ2v) is 9.69. The van der Waals surface area contributed by atoms with Gasteiger partial charge in [-0.25, -0.2) is 9.59 Å². The van der Waals surface area contributed by atoms with Crippen LogP contribution in [0.4, 0.5) is 4.79 Å². The molecule has 3 aliphatic rings. The number of carboxylic acids is 1. The normalized spacial score (nSPS) is 21.8. The first-order valence-electron chi connectivity index (χ1n) is 12.1. The van der Waals surface area contributed by atoms with Crippen molar-refractivity contribution in [3.05, 3.63) is 59.7 Å². The number of nitrogens with one attached hydrogen (secondary N) is 1. The third-order valence-corrected chi connectivity index (χ3v) is 7.60. The van der Waals surface area contributed by atoms with Gasteiger partial charge in [-0.1, -0.05) is 48.5 Å². The highest BCUT2D eigenvalue weighted by Crippen LogP contribution is 2.44. The van der Waals surface area contributed by atoms with Crippen LogP contribution >= 0.6 is 0 Å². The number of methoxy groups -OCH3 is 1. The van der Waals surface area contributed by atoms with Gasteiger partial charge in [0.05, 0.1) is 6.54 Å². The molecule has 0 bridgehead atoms. The van der Waals surface area contributed by atoms with E-state index < -0.39 is 17.7 Å². The predicted octanol–water partition coefficient (Wildman–Crippen LogP) is 3.40. The Morgan fingerprint density at radius 2 is 1.71 bits per heavy atom. The highest BCUT2D eigenvalue weighted by molar-refractivity contribution is 5.83. The number of hydrogen-bond donors (Lipinski definition) is 2. The maximum atomic E-state index is 12.9. The van der Waals surface area contributed by atoms with E-state index in [1.165, 1.54) is 12.0 Å². The van der Waals surface area contributed by atoms with Crippen molar-refractivity contribution in [1.29, 1.82) is 0 Å². The largest absolute Gasteiger partial charge is 0.479 e. The molecule has 2 aromatic rings. The smallest absolute Gasteiger partial charge is 0.407 e. The van der Waals surface area contributed by atoms with Crippen molar-refractivity contribution in [3.63, 3.8) is 0 Å². The summed E-state index contributed by atoms with van der Waals surface area (Å²) in [5.74, 6) is -1.04. The Labute approximate surface area is 204 Å². The van der Waals surface area contributed by atoms with E-state index in [9.17, 15) is 19.5 Å². The molecule has 2 N–H and O–H groups in total. The number of carbonyl (C=O) groups excluding carboxylic acids is 2. The van der Waals surface area contributed by atoms with Gasteiger partial charge >= 0.3 is 12.1 Å². The van der Waals surface area contributed by atoms with Crippen LogP contribution in [0.25, 0.3) is 11.1 Å². The van der Waals surface area contributed by atoms with Crippen LogP contribution in [0.15, 0.2) is 48.5 Å². The molecule has 8 heteroatoms. The first-order chi connectivity index (χ1) is 16.9. The Bertz CT molecular complexity index is 1100. The molecule has 35 heavy (non-hydrogen) atoms. The number of carboxylic acid groups (broad SMARTS) is 1. The standard InChI is InChI=1S/C27H30N2O6/c1-34-27(25(31)32)12-13-29(16-27)24(30)14-23(17-10-11-17)28-26(33)35-15-22-20-8-4-2-6-18(20)19-7-3-5-9-21(19)22/h2-9,17,22-23H,10-16H2,1H3,(H,28,33)(H,31,32). The van der Waals surface area contributed by atoms with E-state index in [2.05, 4.69) is 29.6 Å². The summed E-state index contributed by atoms with van der Waals surface area (Å²) in [6, 6.07) is 16.0. The number of fused-ring (bicyclic) bond motifs is 3. The lowest BCUT2D eigenvalue weighted by molar-refractivity contribution is -0.161. The van der Waals surface area contributed by atoms with Gasteiger partial charge in [0.2, 0.25) is 5.91 Å². The number of hydrogen-bond acceptors (Lipinski definition) is 5. The number of ether oxygens (including phenoxy) is 2. The molecule has 1 saturated carbocycles. The molecule has 1 saturated heterocycles. The van der Waals surface area contributed by atoms with E-state index in [4.69, 9.17) is 9.47 Å². The number of carbonyl (C=O) groups is 3.